The summed E-state index contributed by atoms with van der Waals surface area (Å²) < 4.78 is 5.35. The van der Waals surface area contributed by atoms with Gasteiger partial charge in [-0.15, -0.1) is 0 Å². The quantitative estimate of drug-likeness (QED) is 0.763. The molecule has 0 aliphatic heterocycles. The smallest absolute Gasteiger partial charge is 0.264 e. The number of hydrogen-bond acceptors (Lipinski definition) is 3. The van der Waals surface area contributed by atoms with Crippen molar-refractivity contribution in [2.45, 2.75) is 13.0 Å². The van der Waals surface area contributed by atoms with E-state index in [1.165, 1.54) is 0 Å². The summed E-state index contributed by atoms with van der Waals surface area (Å²) in [6.07, 6.45) is 0. The van der Waals surface area contributed by atoms with E-state index in [0.717, 1.165) is 5.56 Å². The normalized spacial score (nSPS) is 11.5. The number of rotatable bonds is 5. The Morgan fingerprint density at radius 3 is 2.58 bits per heavy atom. The van der Waals surface area contributed by atoms with Crippen LogP contribution in [0.5, 0.6) is 5.75 Å². The molecule has 2 aromatic carbocycles. The molecule has 1 atom stereocenters. The zero-order chi connectivity index (χ0) is 17.5. The van der Waals surface area contributed by atoms with Gasteiger partial charge in [0.1, 0.15) is 5.75 Å². The number of hydrogen-bond donors (Lipinski definition) is 2. The number of halogens is 2. The van der Waals surface area contributed by atoms with Crippen LogP contribution in [0, 0.1) is 0 Å². The molecular formula is C17H16Cl2N2O2S. The highest BCUT2D eigenvalue weighted by Crippen LogP contribution is 2.27. The van der Waals surface area contributed by atoms with Crippen LogP contribution in [-0.2, 0) is 4.79 Å². The lowest BCUT2D eigenvalue weighted by atomic mass is 10.1. The molecule has 1 amide bonds. The van der Waals surface area contributed by atoms with Gasteiger partial charge in [0.05, 0.1) is 11.1 Å². The van der Waals surface area contributed by atoms with E-state index in [0.29, 0.717) is 15.8 Å². The predicted octanol–water partition coefficient (Wildman–Crippen LogP) is 4.12. The van der Waals surface area contributed by atoms with Gasteiger partial charge in [0.2, 0.25) is 0 Å². The molecule has 0 heterocycles. The van der Waals surface area contributed by atoms with Crippen molar-refractivity contribution in [1.29, 1.82) is 0 Å². The zero-order valence-corrected chi connectivity index (χ0v) is 15.2. The zero-order valence-electron chi connectivity index (χ0n) is 12.9. The van der Waals surface area contributed by atoms with Crippen LogP contribution in [0.4, 0.5) is 0 Å². The molecule has 24 heavy (non-hydrogen) atoms. The summed E-state index contributed by atoms with van der Waals surface area (Å²) in [4.78, 5) is 11.9. The third-order valence-electron chi connectivity index (χ3n) is 3.15. The van der Waals surface area contributed by atoms with Gasteiger partial charge in [-0.2, -0.15) is 0 Å². The van der Waals surface area contributed by atoms with Gasteiger partial charge in [-0.1, -0.05) is 53.5 Å². The van der Waals surface area contributed by atoms with Crippen molar-refractivity contribution in [1.82, 2.24) is 10.6 Å². The second-order valence-electron chi connectivity index (χ2n) is 5.02. The first-order chi connectivity index (χ1) is 11.5. The fourth-order valence-corrected chi connectivity index (χ4v) is 2.71. The first-order valence-electron chi connectivity index (χ1n) is 7.19. The Kier molecular flexibility index (Phi) is 6.85. The highest BCUT2D eigenvalue weighted by atomic mass is 35.5. The minimum Gasteiger partial charge on any atom is -0.482 e. The number of thiocarbonyl (C=S) groups is 1. The first-order valence-corrected chi connectivity index (χ1v) is 8.35. The van der Waals surface area contributed by atoms with Gasteiger partial charge in [0.15, 0.2) is 11.7 Å². The summed E-state index contributed by atoms with van der Waals surface area (Å²) in [7, 11) is 0. The van der Waals surface area contributed by atoms with Crippen LogP contribution >= 0.6 is 35.4 Å². The summed E-state index contributed by atoms with van der Waals surface area (Å²) in [5.41, 5.74) is 1.07. The van der Waals surface area contributed by atoms with E-state index in [2.05, 4.69) is 10.6 Å². The number of ether oxygens (including phenoxy) is 1. The Bertz CT molecular complexity index is 726. The van der Waals surface area contributed by atoms with E-state index in [4.69, 9.17) is 40.2 Å². The molecule has 2 aromatic rings. The van der Waals surface area contributed by atoms with E-state index in [-0.39, 0.29) is 23.7 Å². The predicted molar refractivity (Wildman–Crippen MR) is 101 cm³/mol. The first kappa shape index (κ1) is 18.5. The Hall–Kier alpha value is -1.82. The highest BCUT2D eigenvalue weighted by Gasteiger charge is 2.11. The summed E-state index contributed by atoms with van der Waals surface area (Å²) in [6, 6.07) is 14.5. The number of carbonyl (C=O) groups is 1. The Balaban J connectivity index is 1.80. The van der Waals surface area contributed by atoms with Crippen molar-refractivity contribution >= 4 is 46.4 Å². The molecule has 0 fully saturated rings. The third-order valence-corrected chi connectivity index (χ3v) is 3.90. The molecular weight excluding hydrogens is 367 g/mol. The third kappa shape index (κ3) is 5.67. The lowest BCUT2D eigenvalue weighted by molar-refractivity contribution is -0.121. The summed E-state index contributed by atoms with van der Waals surface area (Å²) in [6.45, 7) is 1.75. The van der Waals surface area contributed by atoms with Gasteiger partial charge in [-0.05, 0) is 42.9 Å². The van der Waals surface area contributed by atoms with E-state index in [9.17, 15) is 4.79 Å². The van der Waals surface area contributed by atoms with Crippen molar-refractivity contribution in [3.63, 3.8) is 0 Å². The average molecular weight is 383 g/mol. The summed E-state index contributed by atoms with van der Waals surface area (Å²) in [5.74, 6) is 0.00604. The minimum atomic E-state index is -0.376. The minimum absolute atomic E-state index is 0.0226. The number of benzene rings is 2. The fourth-order valence-electron chi connectivity index (χ4n) is 1.96. The molecule has 2 rings (SSSR count). The summed E-state index contributed by atoms with van der Waals surface area (Å²) in [5, 5.41) is 6.69. The largest absolute Gasteiger partial charge is 0.482 e. The van der Waals surface area contributed by atoms with E-state index < -0.39 is 0 Å². The standard InChI is InChI=1S/C17H16Cl2N2O2S/c1-11(12-5-3-2-4-6-12)20-17(24)21-16(22)10-23-15-8-7-13(18)9-14(15)19/h2-9,11H,10H2,1H3,(H2,20,21,22,24). The molecule has 0 bridgehead atoms. The summed E-state index contributed by atoms with van der Waals surface area (Å²) >= 11 is 16.9. The van der Waals surface area contributed by atoms with Gasteiger partial charge in [0, 0.05) is 5.02 Å². The fraction of sp³-hybridized carbons (Fsp3) is 0.176. The molecule has 1 unspecified atom stereocenters. The van der Waals surface area contributed by atoms with Crippen LogP contribution in [0.3, 0.4) is 0 Å². The molecule has 4 nitrogen and oxygen atoms in total. The van der Waals surface area contributed by atoms with Crippen molar-refractivity contribution in [3.05, 3.63) is 64.1 Å². The molecule has 0 spiro atoms. The number of amides is 1. The monoisotopic (exact) mass is 382 g/mol. The molecule has 0 saturated carbocycles. The van der Waals surface area contributed by atoms with Crippen LogP contribution in [0.2, 0.25) is 10.0 Å². The van der Waals surface area contributed by atoms with Gasteiger partial charge < -0.3 is 15.4 Å². The number of carbonyl (C=O) groups excluding carboxylic acids is 1. The van der Waals surface area contributed by atoms with Crippen molar-refractivity contribution in [2.24, 2.45) is 0 Å². The van der Waals surface area contributed by atoms with E-state index >= 15 is 0 Å². The van der Waals surface area contributed by atoms with Crippen LogP contribution in [0.25, 0.3) is 0 Å². The van der Waals surface area contributed by atoms with E-state index in [1.807, 2.05) is 37.3 Å². The lowest BCUT2D eigenvalue weighted by Crippen LogP contribution is -2.42. The maximum absolute atomic E-state index is 11.9. The number of nitrogens with one attached hydrogen (secondary N) is 2. The van der Waals surface area contributed by atoms with Gasteiger partial charge in [-0.25, -0.2) is 0 Å². The van der Waals surface area contributed by atoms with Gasteiger partial charge >= 0.3 is 0 Å². The highest BCUT2D eigenvalue weighted by molar-refractivity contribution is 7.80. The van der Waals surface area contributed by atoms with Crippen molar-refractivity contribution in [2.75, 3.05) is 6.61 Å². The SMILES string of the molecule is CC(NC(=S)NC(=O)COc1ccc(Cl)cc1Cl)c1ccccc1. The Morgan fingerprint density at radius 1 is 1.21 bits per heavy atom. The molecule has 0 aliphatic rings. The molecule has 0 radical (unpaired) electrons. The van der Waals surface area contributed by atoms with E-state index in [1.54, 1.807) is 18.2 Å². The van der Waals surface area contributed by atoms with Crippen LogP contribution in [-0.4, -0.2) is 17.6 Å². The molecule has 126 valence electrons. The van der Waals surface area contributed by atoms with Crippen molar-refractivity contribution in [3.8, 4) is 5.75 Å². The van der Waals surface area contributed by atoms with Crippen LogP contribution in [0.15, 0.2) is 48.5 Å². The van der Waals surface area contributed by atoms with Crippen molar-refractivity contribution < 1.29 is 9.53 Å². The molecule has 7 heteroatoms. The average Bonchev–Trinajstić information content (AvgIpc) is 2.54. The second-order valence-corrected chi connectivity index (χ2v) is 6.27. The Morgan fingerprint density at radius 2 is 1.92 bits per heavy atom. The van der Waals surface area contributed by atoms with Gasteiger partial charge in [-0.3, -0.25) is 4.79 Å². The van der Waals surface area contributed by atoms with Gasteiger partial charge in [0.25, 0.3) is 5.91 Å². The Labute approximate surface area is 156 Å². The maximum atomic E-state index is 11.9. The van der Waals surface area contributed by atoms with Crippen LogP contribution < -0.4 is 15.4 Å². The molecule has 0 saturated heterocycles. The molecule has 0 aliphatic carbocycles. The maximum Gasteiger partial charge on any atom is 0.264 e. The second kappa shape index (κ2) is 8.87. The molecule has 2 N–H and O–H groups in total. The topological polar surface area (TPSA) is 50.4 Å². The lowest BCUT2D eigenvalue weighted by Gasteiger charge is -2.17. The molecule has 0 aromatic heterocycles. The van der Waals surface area contributed by atoms with Crippen LogP contribution in [0.1, 0.15) is 18.5 Å².